The van der Waals surface area contributed by atoms with Crippen molar-refractivity contribution in [3.63, 3.8) is 0 Å². The summed E-state index contributed by atoms with van der Waals surface area (Å²) in [5, 5.41) is 0. The zero-order valence-electron chi connectivity index (χ0n) is 9.63. The van der Waals surface area contributed by atoms with E-state index in [0.717, 1.165) is 6.42 Å². The summed E-state index contributed by atoms with van der Waals surface area (Å²) < 4.78 is 18.9. The zero-order valence-corrected chi connectivity index (χ0v) is 9.63. The fourth-order valence-electron chi connectivity index (χ4n) is 1.85. The Hall–Kier alpha value is -1.09. The lowest BCUT2D eigenvalue weighted by Gasteiger charge is -2.15. The number of hydrogen-bond donors (Lipinski definition) is 1. The van der Waals surface area contributed by atoms with E-state index in [1.54, 1.807) is 13.0 Å². The second-order valence-electron chi connectivity index (χ2n) is 4.74. The van der Waals surface area contributed by atoms with Crippen LogP contribution >= 0.6 is 0 Å². The van der Waals surface area contributed by atoms with Gasteiger partial charge in [0, 0.05) is 11.5 Å². The summed E-state index contributed by atoms with van der Waals surface area (Å²) in [5.41, 5.74) is 6.47. The second-order valence-corrected chi connectivity index (χ2v) is 4.74. The topological polar surface area (TPSA) is 35.2 Å². The monoisotopic (exact) mass is 223 g/mol. The summed E-state index contributed by atoms with van der Waals surface area (Å²) in [6.45, 7) is 3.11. The molecule has 0 unspecified atom stereocenters. The van der Waals surface area contributed by atoms with Gasteiger partial charge in [-0.05, 0) is 44.4 Å². The molecule has 2 rings (SSSR count). The Morgan fingerprint density at radius 3 is 2.75 bits per heavy atom. The summed E-state index contributed by atoms with van der Waals surface area (Å²) in [7, 11) is 0. The van der Waals surface area contributed by atoms with E-state index >= 15 is 0 Å². The van der Waals surface area contributed by atoms with Crippen molar-refractivity contribution in [3.05, 3.63) is 29.6 Å². The number of rotatable bonds is 5. The highest BCUT2D eigenvalue weighted by atomic mass is 19.1. The van der Waals surface area contributed by atoms with Crippen molar-refractivity contribution in [2.45, 2.75) is 26.2 Å². The Morgan fingerprint density at radius 1 is 1.44 bits per heavy atom. The van der Waals surface area contributed by atoms with E-state index in [0.29, 0.717) is 24.5 Å². The predicted octanol–water partition coefficient (Wildman–Crippen LogP) is 2.64. The van der Waals surface area contributed by atoms with Gasteiger partial charge in [-0.15, -0.1) is 0 Å². The molecule has 88 valence electrons. The lowest BCUT2D eigenvalue weighted by Crippen LogP contribution is -2.17. The van der Waals surface area contributed by atoms with Crippen molar-refractivity contribution in [1.29, 1.82) is 0 Å². The quantitative estimate of drug-likeness (QED) is 0.832. The van der Waals surface area contributed by atoms with Gasteiger partial charge in [0.1, 0.15) is 11.6 Å². The van der Waals surface area contributed by atoms with Crippen LogP contribution in [0.1, 0.15) is 24.8 Å². The van der Waals surface area contributed by atoms with Crippen molar-refractivity contribution < 1.29 is 9.13 Å². The van der Waals surface area contributed by atoms with Gasteiger partial charge in [-0.25, -0.2) is 4.39 Å². The first-order chi connectivity index (χ1) is 7.65. The molecule has 0 heterocycles. The van der Waals surface area contributed by atoms with Crippen molar-refractivity contribution >= 4 is 0 Å². The SMILES string of the molecule is Cc1ccc(OCC2(CCN)CC2)cc1F. The summed E-state index contributed by atoms with van der Waals surface area (Å²) in [6, 6.07) is 5.01. The van der Waals surface area contributed by atoms with Gasteiger partial charge in [0.15, 0.2) is 0 Å². The molecule has 2 nitrogen and oxygen atoms in total. The molecule has 1 fully saturated rings. The molecule has 1 aliphatic carbocycles. The minimum Gasteiger partial charge on any atom is -0.493 e. The lowest BCUT2D eigenvalue weighted by atomic mass is 10.0. The molecular formula is C13H18FNO. The summed E-state index contributed by atoms with van der Waals surface area (Å²) in [4.78, 5) is 0. The Balaban J connectivity index is 1.92. The van der Waals surface area contributed by atoms with Crippen LogP contribution in [-0.4, -0.2) is 13.2 Å². The van der Waals surface area contributed by atoms with Gasteiger partial charge in [-0.3, -0.25) is 0 Å². The van der Waals surface area contributed by atoms with Gasteiger partial charge in [0.05, 0.1) is 6.61 Å². The van der Waals surface area contributed by atoms with Gasteiger partial charge in [-0.1, -0.05) is 6.07 Å². The molecule has 0 spiro atoms. The molecule has 0 amide bonds. The average Bonchev–Trinajstić information content (AvgIpc) is 3.01. The van der Waals surface area contributed by atoms with E-state index in [1.807, 2.05) is 6.07 Å². The number of aryl methyl sites for hydroxylation is 1. The fraction of sp³-hybridized carbons (Fsp3) is 0.538. The maximum absolute atomic E-state index is 13.3. The number of hydrogen-bond acceptors (Lipinski definition) is 2. The maximum Gasteiger partial charge on any atom is 0.129 e. The summed E-state index contributed by atoms with van der Waals surface area (Å²) in [6.07, 6.45) is 3.36. The molecule has 0 radical (unpaired) electrons. The van der Waals surface area contributed by atoms with Crippen LogP contribution in [0.2, 0.25) is 0 Å². The van der Waals surface area contributed by atoms with Gasteiger partial charge >= 0.3 is 0 Å². The number of halogens is 1. The van der Waals surface area contributed by atoms with E-state index < -0.39 is 0 Å². The molecule has 2 N–H and O–H groups in total. The van der Waals surface area contributed by atoms with Crippen LogP contribution < -0.4 is 10.5 Å². The van der Waals surface area contributed by atoms with Gasteiger partial charge in [0.2, 0.25) is 0 Å². The van der Waals surface area contributed by atoms with Crippen LogP contribution in [0.5, 0.6) is 5.75 Å². The van der Waals surface area contributed by atoms with Crippen LogP contribution in [-0.2, 0) is 0 Å². The largest absolute Gasteiger partial charge is 0.493 e. The Bertz CT molecular complexity index is 374. The van der Waals surface area contributed by atoms with E-state index in [2.05, 4.69) is 0 Å². The first-order valence-corrected chi connectivity index (χ1v) is 5.74. The molecule has 3 heteroatoms. The average molecular weight is 223 g/mol. The van der Waals surface area contributed by atoms with E-state index in [-0.39, 0.29) is 11.2 Å². The van der Waals surface area contributed by atoms with Crippen LogP contribution in [0, 0.1) is 18.2 Å². The second kappa shape index (κ2) is 4.42. The molecule has 0 aliphatic heterocycles. The zero-order chi connectivity index (χ0) is 11.6. The minimum atomic E-state index is -0.207. The molecular weight excluding hydrogens is 205 g/mol. The number of ether oxygens (including phenoxy) is 1. The van der Waals surface area contributed by atoms with Crippen LogP contribution in [0.25, 0.3) is 0 Å². The molecule has 0 aromatic heterocycles. The first kappa shape index (κ1) is 11.4. The molecule has 0 atom stereocenters. The highest BCUT2D eigenvalue weighted by Crippen LogP contribution is 2.48. The molecule has 16 heavy (non-hydrogen) atoms. The van der Waals surface area contributed by atoms with E-state index in [9.17, 15) is 4.39 Å². The first-order valence-electron chi connectivity index (χ1n) is 5.74. The van der Waals surface area contributed by atoms with Gasteiger partial charge in [-0.2, -0.15) is 0 Å². The smallest absolute Gasteiger partial charge is 0.129 e. The number of benzene rings is 1. The third-order valence-electron chi connectivity index (χ3n) is 3.32. The molecule has 0 saturated heterocycles. The normalized spacial score (nSPS) is 17.2. The van der Waals surface area contributed by atoms with Gasteiger partial charge in [0.25, 0.3) is 0 Å². The highest BCUT2D eigenvalue weighted by molar-refractivity contribution is 5.28. The van der Waals surface area contributed by atoms with Crippen molar-refractivity contribution in [2.75, 3.05) is 13.2 Å². The molecule has 1 aromatic rings. The van der Waals surface area contributed by atoms with Crippen molar-refractivity contribution in [2.24, 2.45) is 11.1 Å². The highest BCUT2D eigenvalue weighted by Gasteiger charge is 2.42. The van der Waals surface area contributed by atoms with Crippen molar-refractivity contribution in [3.8, 4) is 5.75 Å². The minimum absolute atomic E-state index is 0.207. The third-order valence-corrected chi connectivity index (χ3v) is 3.32. The summed E-state index contributed by atoms with van der Waals surface area (Å²) >= 11 is 0. The van der Waals surface area contributed by atoms with Crippen LogP contribution in [0.3, 0.4) is 0 Å². The maximum atomic E-state index is 13.3. The number of nitrogens with two attached hydrogens (primary N) is 1. The molecule has 1 aromatic carbocycles. The van der Waals surface area contributed by atoms with Crippen LogP contribution in [0.4, 0.5) is 4.39 Å². The van der Waals surface area contributed by atoms with Gasteiger partial charge < -0.3 is 10.5 Å². The molecule has 1 aliphatic rings. The van der Waals surface area contributed by atoms with E-state index in [4.69, 9.17) is 10.5 Å². The Kier molecular flexibility index (Phi) is 3.15. The fourth-order valence-corrected chi connectivity index (χ4v) is 1.85. The molecule has 1 saturated carbocycles. The van der Waals surface area contributed by atoms with E-state index in [1.165, 1.54) is 18.9 Å². The summed E-state index contributed by atoms with van der Waals surface area (Å²) in [5.74, 6) is 0.410. The lowest BCUT2D eigenvalue weighted by molar-refractivity contribution is 0.226. The van der Waals surface area contributed by atoms with Crippen molar-refractivity contribution in [1.82, 2.24) is 0 Å². The molecule has 0 bridgehead atoms. The Morgan fingerprint density at radius 2 is 2.19 bits per heavy atom. The predicted molar refractivity (Wildman–Crippen MR) is 62.0 cm³/mol. The van der Waals surface area contributed by atoms with Crippen LogP contribution in [0.15, 0.2) is 18.2 Å². The standard InChI is InChI=1S/C13H18FNO/c1-10-2-3-11(8-12(10)14)16-9-13(4-5-13)6-7-15/h2-3,8H,4-7,9,15H2,1H3. The third kappa shape index (κ3) is 2.53. The Labute approximate surface area is 95.6 Å².